The van der Waals surface area contributed by atoms with Crippen LogP contribution in [-0.4, -0.2) is 87.9 Å². The highest BCUT2D eigenvalue weighted by atomic mass is 31.2. The number of nitrogens with zero attached hydrogens (tertiary/aromatic N) is 5. The zero-order valence-electron chi connectivity index (χ0n) is 26.8. The van der Waals surface area contributed by atoms with Gasteiger partial charge in [0.05, 0.1) is 19.0 Å². The molecule has 1 amide bonds. The fourth-order valence-corrected chi connectivity index (χ4v) is 6.39. The van der Waals surface area contributed by atoms with Crippen molar-refractivity contribution in [1.82, 2.24) is 24.2 Å². The second kappa shape index (κ2) is 16.0. The lowest BCUT2D eigenvalue weighted by molar-refractivity contribution is -0.0466. The Labute approximate surface area is 251 Å². The van der Waals surface area contributed by atoms with Crippen molar-refractivity contribution in [2.75, 3.05) is 26.1 Å². The largest absolute Gasteiger partial charge is 0.400 e. The van der Waals surface area contributed by atoms with Gasteiger partial charge in [-0.15, -0.1) is 12.3 Å². The Hall–Kier alpha value is -3.01. The van der Waals surface area contributed by atoms with Crippen LogP contribution in [0.3, 0.4) is 0 Å². The summed E-state index contributed by atoms with van der Waals surface area (Å²) in [6, 6.07) is 9.12. The number of hydrogen-bond donors (Lipinski definition) is 2. The molecule has 0 bridgehead atoms. The number of amides is 1. The molecule has 1 aromatic carbocycles. The number of hydrogen-bond acceptors (Lipinski definition) is 10. The van der Waals surface area contributed by atoms with E-state index in [-0.39, 0.29) is 30.7 Å². The number of terminal acetylenes is 1. The van der Waals surface area contributed by atoms with Crippen molar-refractivity contribution in [3.63, 3.8) is 0 Å². The Kier molecular flexibility index (Phi) is 11.6. The lowest BCUT2D eigenvalue weighted by Crippen LogP contribution is -2.39. The summed E-state index contributed by atoms with van der Waals surface area (Å²) in [5, 5.41) is 6.32. The van der Waals surface area contributed by atoms with E-state index in [1.165, 1.54) is 13.4 Å². The van der Waals surface area contributed by atoms with Crippen LogP contribution in [0.1, 0.15) is 59.0 Å². The predicted octanol–water partition coefficient (Wildman–Crippen LogP) is 4.39. The molecule has 0 aliphatic carbocycles. The van der Waals surface area contributed by atoms with Crippen molar-refractivity contribution >= 4 is 31.4 Å². The lowest BCUT2D eigenvalue weighted by atomic mass is 10.1. The van der Waals surface area contributed by atoms with E-state index in [0.29, 0.717) is 29.8 Å². The van der Waals surface area contributed by atoms with Gasteiger partial charge in [-0.2, -0.15) is 0 Å². The molecule has 5 unspecified atom stereocenters. The summed E-state index contributed by atoms with van der Waals surface area (Å²) in [5.74, 6) is 2.57. The van der Waals surface area contributed by atoms with Crippen LogP contribution in [0.15, 0.2) is 43.0 Å². The maximum atomic E-state index is 12.8. The van der Waals surface area contributed by atoms with E-state index in [2.05, 4.69) is 63.7 Å². The highest BCUT2D eigenvalue weighted by molar-refractivity contribution is 7.44. The van der Waals surface area contributed by atoms with Gasteiger partial charge in [-0.25, -0.2) is 19.6 Å². The van der Waals surface area contributed by atoms with Gasteiger partial charge in [-0.1, -0.05) is 18.2 Å². The zero-order chi connectivity index (χ0) is 32.2. The molecule has 1 aliphatic heterocycles. The maximum Gasteiger partial charge on any atom is 0.259 e. The first kappa shape index (κ1) is 30.4. The molecule has 2 aromatic heterocycles. The Morgan fingerprint density at radius 1 is 1.29 bits per heavy atom. The molecule has 4 rings (SSSR count). The monoisotopic (exact) mass is 603 g/mol. The van der Waals surface area contributed by atoms with Crippen molar-refractivity contribution in [3.05, 3.63) is 48.5 Å². The second-order valence-electron chi connectivity index (χ2n) is 9.79. The highest BCUT2D eigenvalue weighted by Crippen LogP contribution is 2.50. The average molecular weight is 604 g/mol. The van der Waals surface area contributed by atoms with Gasteiger partial charge in [0, 0.05) is 39.7 Å². The number of ether oxygens (including phenoxy) is 2. The molecule has 12 nitrogen and oxygen atoms in total. The standard InChI is InChI=1S/C28H37N6O5P.CH4O/c1-8-9-15-37-40(34(18(2)3)19(4)5)39-23-20(6)38-28(24(23)36-7)33-17-31-22-25(29-16-30-26(22)33)32-27(35)21-13-11-10-12-14-21;1-2/h1,10-14,16-20,23-24,28H,9,15H2,2-7H3,(H,29,30,32,35);2H,1H3/i6D;2T. The Balaban J connectivity index is 0.00000169. The molecular formula is C29H41N6O6P. The van der Waals surface area contributed by atoms with Crippen molar-refractivity contribution in [2.24, 2.45) is 0 Å². The average Bonchev–Trinajstić information content (AvgIpc) is 3.59. The Morgan fingerprint density at radius 2 is 2.00 bits per heavy atom. The summed E-state index contributed by atoms with van der Waals surface area (Å²) >= 11 is 0. The molecule has 3 aromatic rings. The SMILES string of the molecule is [2H]CC1OC(n2cnc3c(NC(=O)c4ccccc4)ncnc32)C(OC)C1OP(OCCC#C)N(C(C)C)C(C)C.[3H]OC. The van der Waals surface area contributed by atoms with Crippen LogP contribution in [0.2, 0.25) is 0 Å². The van der Waals surface area contributed by atoms with Crippen LogP contribution in [0, 0.1) is 12.3 Å². The molecule has 5 atom stereocenters. The Morgan fingerprint density at radius 3 is 2.62 bits per heavy atom. The first-order valence-electron chi connectivity index (χ1n) is 14.7. The van der Waals surface area contributed by atoms with Crippen LogP contribution in [0.5, 0.6) is 0 Å². The van der Waals surface area contributed by atoms with Gasteiger partial charge in [0.2, 0.25) is 1.43 Å². The molecule has 3 heterocycles. The van der Waals surface area contributed by atoms with E-state index in [1.807, 2.05) is 6.07 Å². The van der Waals surface area contributed by atoms with Gasteiger partial charge in [-0.3, -0.25) is 9.36 Å². The summed E-state index contributed by atoms with van der Waals surface area (Å²) in [7, 11) is 1.33. The minimum atomic E-state index is -1.54. The number of fused-ring (bicyclic) bond motifs is 1. The number of carbonyl (C=O) groups excluding carboxylic acids is 1. The van der Waals surface area contributed by atoms with E-state index < -0.39 is 33.1 Å². The first-order chi connectivity index (χ1) is 21.2. The number of methoxy groups -OCH3 is 1. The molecule has 2 N–H and O–H groups in total. The lowest BCUT2D eigenvalue weighted by Gasteiger charge is -2.38. The van der Waals surface area contributed by atoms with Gasteiger partial charge in [0.25, 0.3) is 14.4 Å². The summed E-state index contributed by atoms with van der Waals surface area (Å²) in [5.41, 5.74) is 1.33. The van der Waals surface area contributed by atoms with Crippen LogP contribution >= 0.6 is 8.53 Å². The number of nitrogens with one attached hydrogen (secondary N) is 1. The quantitative estimate of drug-likeness (QED) is 0.174. The molecular weight excluding hydrogens is 559 g/mol. The fraction of sp³-hybridized carbons (Fsp3) is 0.517. The van der Waals surface area contributed by atoms with E-state index >= 15 is 0 Å². The highest BCUT2D eigenvalue weighted by Gasteiger charge is 2.48. The van der Waals surface area contributed by atoms with Crippen molar-refractivity contribution in [1.29, 1.82) is 1.43 Å². The fourth-order valence-electron chi connectivity index (χ4n) is 4.62. The van der Waals surface area contributed by atoms with Crippen LogP contribution in [-0.2, 0) is 18.5 Å². The summed E-state index contributed by atoms with van der Waals surface area (Å²) in [4.78, 5) is 25.9. The van der Waals surface area contributed by atoms with Crippen LogP contribution in [0.4, 0.5) is 5.82 Å². The molecule has 0 saturated carbocycles. The third-order valence-corrected chi connectivity index (χ3v) is 8.49. The molecule has 228 valence electrons. The van der Waals surface area contributed by atoms with Crippen molar-refractivity contribution in [3.8, 4) is 12.3 Å². The summed E-state index contributed by atoms with van der Waals surface area (Å²) in [6.07, 6.45) is 6.31. The Bertz CT molecular complexity index is 1350. The number of aliphatic hydroxyl groups is 1. The van der Waals surface area contributed by atoms with E-state index in [1.54, 1.807) is 42.3 Å². The minimum absolute atomic E-state index is 0.0576. The van der Waals surface area contributed by atoms with Gasteiger partial charge < -0.3 is 28.9 Å². The van der Waals surface area contributed by atoms with Crippen LogP contribution in [0.25, 0.3) is 11.2 Å². The molecule has 0 radical (unpaired) electrons. The number of carbonyl (C=O) groups is 1. The second-order valence-corrected chi connectivity index (χ2v) is 11.2. The molecule has 1 saturated heterocycles. The van der Waals surface area contributed by atoms with E-state index in [4.69, 9.17) is 27.7 Å². The number of rotatable bonds is 12. The molecule has 0 spiro atoms. The number of benzene rings is 1. The van der Waals surface area contributed by atoms with Crippen molar-refractivity contribution in [2.45, 2.75) is 77.6 Å². The normalized spacial score (nSPS) is 21.5. The third-order valence-electron chi connectivity index (χ3n) is 6.37. The molecule has 1 fully saturated rings. The number of aromatic nitrogens is 4. The first-order valence-corrected chi connectivity index (χ1v) is 14.7. The predicted molar refractivity (Wildman–Crippen MR) is 162 cm³/mol. The van der Waals surface area contributed by atoms with E-state index in [0.717, 1.165) is 0 Å². The number of anilines is 1. The number of imidazole rings is 1. The maximum absolute atomic E-state index is 12.8. The summed E-state index contributed by atoms with van der Waals surface area (Å²) in [6.45, 7) is 8.62. The molecule has 1 aliphatic rings. The van der Waals surface area contributed by atoms with Gasteiger partial charge in [0.1, 0.15) is 18.5 Å². The smallest absolute Gasteiger partial charge is 0.259 e. The van der Waals surface area contributed by atoms with Gasteiger partial charge in [0.15, 0.2) is 23.2 Å². The topological polar surface area (TPSA) is 133 Å². The zero-order valence-corrected chi connectivity index (χ0v) is 25.7. The minimum Gasteiger partial charge on any atom is -0.400 e. The summed E-state index contributed by atoms with van der Waals surface area (Å²) < 4.78 is 42.9. The third kappa shape index (κ3) is 7.68. The van der Waals surface area contributed by atoms with E-state index in [9.17, 15) is 4.79 Å². The molecule has 42 heavy (non-hydrogen) atoms. The van der Waals surface area contributed by atoms with Crippen molar-refractivity contribution < 1.29 is 29.8 Å². The number of aliphatic hydroxyl groups excluding tert-OH is 1. The van der Waals surface area contributed by atoms with Crippen LogP contribution < -0.4 is 5.32 Å². The van der Waals surface area contributed by atoms with Gasteiger partial charge >= 0.3 is 0 Å². The molecule has 13 heteroatoms. The van der Waals surface area contributed by atoms with Gasteiger partial charge in [-0.05, 0) is 46.7 Å².